The maximum atomic E-state index is 13.6. The van der Waals surface area contributed by atoms with Crippen LogP contribution in [0.25, 0.3) is 0 Å². The van der Waals surface area contributed by atoms with Crippen LogP contribution in [0.1, 0.15) is 5.56 Å². The summed E-state index contributed by atoms with van der Waals surface area (Å²) < 4.78 is 13.6. The van der Waals surface area contributed by atoms with Crippen molar-refractivity contribution in [2.75, 3.05) is 23.4 Å². The molecule has 1 atom stereocenters. The molecule has 1 saturated heterocycles. The minimum absolute atomic E-state index is 0.108. The summed E-state index contributed by atoms with van der Waals surface area (Å²) in [6.45, 7) is 0.776. The molecule has 1 aliphatic rings. The quantitative estimate of drug-likeness (QED) is 0.847. The molecule has 18 heavy (non-hydrogen) atoms. The fourth-order valence-corrected chi connectivity index (χ4v) is 2.57. The fourth-order valence-electron chi connectivity index (χ4n) is 1.64. The molecular weight excluding hydrogens is 253 g/mol. The Balaban J connectivity index is 2.04. The number of halogens is 1. The van der Waals surface area contributed by atoms with Gasteiger partial charge in [0.1, 0.15) is 5.82 Å². The van der Waals surface area contributed by atoms with E-state index in [-0.39, 0.29) is 23.2 Å². The van der Waals surface area contributed by atoms with Gasteiger partial charge in [0.05, 0.1) is 23.4 Å². The smallest absolute Gasteiger partial charge is 0.242 e. The van der Waals surface area contributed by atoms with E-state index >= 15 is 0 Å². The van der Waals surface area contributed by atoms with Gasteiger partial charge in [-0.1, -0.05) is 0 Å². The molecule has 0 saturated carbocycles. The Labute approximate surface area is 109 Å². The number of carbonyl (C=O) groups is 1. The van der Waals surface area contributed by atoms with E-state index in [0.717, 1.165) is 18.4 Å². The molecule has 1 amide bonds. The number of nitrogens with zero attached hydrogens (tertiary/aromatic N) is 1. The SMILES string of the molecule is N#Cc1ccc(NC(=O)C2CSCCN2)c(F)c1. The van der Waals surface area contributed by atoms with Gasteiger partial charge in [-0.2, -0.15) is 17.0 Å². The van der Waals surface area contributed by atoms with Crippen molar-refractivity contribution in [1.29, 1.82) is 5.26 Å². The lowest BCUT2D eigenvalue weighted by atomic mass is 10.2. The lowest BCUT2D eigenvalue weighted by Crippen LogP contribution is -2.46. The number of hydrogen-bond donors (Lipinski definition) is 2. The Morgan fingerprint density at radius 1 is 1.61 bits per heavy atom. The molecule has 2 N–H and O–H groups in total. The number of anilines is 1. The van der Waals surface area contributed by atoms with Crippen molar-refractivity contribution >= 4 is 23.4 Å². The summed E-state index contributed by atoms with van der Waals surface area (Å²) in [6.07, 6.45) is 0. The first-order valence-corrected chi connectivity index (χ1v) is 6.68. The zero-order valence-corrected chi connectivity index (χ0v) is 10.4. The van der Waals surface area contributed by atoms with Gasteiger partial charge < -0.3 is 10.6 Å². The molecule has 6 heteroatoms. The third-order valence-electron chi connectivity index (χ3n) is 2.59. The first kappa shape index (κ1) is 12.9. The standard InChI is InChI=1S/C12H12FN3OS/c13-9-5-8(6-14)1-2-10(9)16-12(17)11-7-18-4-3-15-11/h1-2,5,11,15H,3-4,7H2,(H,16,17). The molecule has 4 nitrogen and oxygen atoms in total. The third kappa shape index (κ3) is 3.00. The Kier molecular flexibility index (Phi) is 4.18. The highest BCUT2D eigenvalue weighted by atomic mass is 32.2. The minimum atomic E-state index is -0.592. The Morgan fingerprint density at radius 2 is 2.44 bits per heavy atom. The Hall–Kier alpha value is -1.58. The summed E-state index contributed by atoms with van der Waals surface area (Å²) in [5, 5.41) is 14.2. The number of carbonyl (C=O) groups excluding carboxylic acids is 1. The number of benzene rings is 1. The van der Waals surface area contributed by atoms with Crippen LogP contribution in [0.5, 0.6) is 0 Å². The van der Waals surface area contributed by atoms with Crippen LogP contribution in [0.3, 0.4) is 0 Å². The summed E-state index contributed by atoms with van der Waals surface area (Å²) in [7, 11) is 0. The number of rotatable bonds is 2. The molecular formula is C12H12FN3OS. The molecule has 1 fully saturated rings. The number of hydrogen-bond acceptors (Lipinski definition) is 4. The van der Waals surface area contributed by atoms with Gasteiger partial charge in [0.25, 0.3) is 0 Å². The summed E-state index contributed by atoms with van der Waals surface area (Å²) in [5.74, 6) is 0.829. The average Bonchev–Trinajstić information content (AvgIpc) is 2.42. The molecule has 1 aromatic rings. The first-order valence-electron chi connectivity index (χ1n) is 5.52. The zero-order valence-electron chi connectivity index (χ0n) is 9.57. The molecule has 0 spiro atoms. The predicted molar refractivity (Wildman–Crippen MR) is 68.9 cm³/mol. The monoisotopic (exact) mass is 265 g/mol. The largest absolute Gasteiger partial charge is 0.322 e. The van der Waals surface area contributed by atoms with Crippen LogP contribution in [-0.4, -0.2) is 30.0 Å². The third-order valence-corrected chi connectivity index (χ3v) is 3.66. The molecule has 1 aromatic carbocycles. The van der Waals surface area contributed by atoms with E-state index in [4.69, 9.17) is 5.26 Å². The Bertz CT molecular complexity index is 495. The van der Waals surface area contributed by atoms with Crippen molar-refractivity contribution < 1.29 is 9.18 Å². The van der Waals surface area contributed by atoms with Crippen LogP contribution in [0.15, 0.2) is 18.2 Å². The molecule has 2 rings (SSSR count). The zero-order chi connectivity index (χ0) is 13.0. The molecule has 94 valence electrons. The summed E-state index contributed by atoms with van der Waals surface area (Å²) in [5.41, 5.74) is 0.341. The van der Waals surface area contributed by atoms with Crippen molar-refractivity contribution in [3.8, 4) is 6.07 Å². The second-order valence-electron chi connectivity index (χ2n) is 3.88. The molecule has 0 bridgehead atoms. The van der Waals surface area contributed by atoms with Gasteiger partial charge in [-0.15, -0.1) is 0 Å². The maximum absolute atomic E-state index is 13.6. The first-order chi connectivity index (χ1) is 8.70. The molecule has 0 aliphatic carbocycles. The van der Waals surface area contributed by atoms with Gasteiger partial charge in [0.15, 0.2) is 0 Å². The number of thioether (sulfide) groups is 1. The summed E-state index contributed by atoms with van der Waals surface area (Å²) >= 11 is 1.69. The van der Waals surface area contributed by atoms with Gasteiger partial charge >= 0.3 is 0 Å². The lowest BCUT2D eigenvalue weighted by molar-refractivity contribution is -0.117. The average molecular weight is 265 g/mol. The molecule has 1 heterocycles. The van der Waals surface area contributed by atoms with Crippen LogP contribution in [0, 0.1) is 17.1 Å². The highest BCUT2D eigenvalue weighted by molar-refractivity contribution is 7.99. The number of nitriles is 1. The van der Waals surface area contributed by atoms with Gasteiger partial charge in [0.2, 0.25) is 5.91 Å². The molecule has 1 aliphatic heterocycles. The Morgan fingerprint density at radius 3 is 3.06 bits per heavy atom. The molecule has 0 radical (unpaired) electrons. The van der Waals surface area contributed by atoms with E-state index in [9.17, 15) is 9.18 Å². The normalized spacial score (nSPS) is 19.0. The van der Waals surface area contributed by atoms with Crippen molar-refractivity contribution in [2.24, 2.45) is 0 Å². The number of amides is 1. The van der Waals surface area contributed by atoms with Crippen LogP contribution in [-0.2, 0) is 4.79 Å². The predicted octanol–water partition coefficient (Wildman–Crippen LogP) is 1.34. The topological polar surface area (TPSA) is 64.9 Å². The van der Waals surface area contributed by atoms with Crippen LogP contribution in [0.2, 0.25) is 0 Å². The maximum Gasteiger partial charge on any atom is 0.242 e. The second-order valence-corrected chi connectivity index (χ2v) is 5.03. The van der Waals surface area contributed by atoms with E-state index in [0.29, 0.717) is 5.75 Å². The highest BCUT2D eigenvalue weighted by Gasteiger charge is 2.21. The second kappa shape index (κ2) is 5.85. The van der Waals surface area contributed by atoms with Crippen molar-refractivity contribution in [2.45, 2.75) is 6.04 Å². The van der Waals surface area contributed by atoms with Crippen LogP contribution >= 0.6 is 11.8 Å². The van der Waals surface area contributed by atoms with Crippen molar-refractivity contribution in [3.63, 3.8) is 0 Å². The van der Waals surface area contributed by atoms with Crippen LogP contribution in [0.4, 0.5) is 10.1 Å². The van der Waals surface area contributed by atoms with E-state index < -0.39 is 5.82 Å². The summed E-state index contributed by atoms with van der Waals surface area (Å²) in [4.78, 5) is 11.9. The molecule has 0 aromatic heterocycles. The molecule has 1 unspecified atom stereocenters. The van der Waals surface area contributed by atoms with Gasteiger partial charge in [-0.25, -0.2) is 4.39 Å². The fraction of sp³-hybridized carbons (Fsp3) is 0.333. The van der Waals surface area contributed by atoms with E-state index in [2.05, 4.69) is 10.6 Å². The van der Waals surface area contributed by atoms with Gasteiger partial charge in [0, 0.05) is 18.1 Å². The van der Waals surface area contributed by atoms with Gasteiger partial charge in [-0.05, 0) is 18.2 Å². The van der Waals surface area contributed by atoms with Crippen molar-refractivity contribution in [3.05, 3.63) is 29.6 Å². The van der Waals surface area contributed by atoms with E-state index in [1.54, 1.807) is 11.8 Å². The van der Waals surface area contributed by atoms with Crippen LogP contribution < -0.4 is 10.6 Å². The van der Waals surface area contributed by atoms with Gasteiger partial charge in [-0.3, -0.25) is 4.79 Å². The minimum Gasteiger partial charge on any atom is -0.322 e. The van der Waals surface area contributed by atoms with E-state index in [1.165, 1.54) is 12.1 Å². The highest BCUT2D eigenvalue weighted by Crippen LogP contribution is 2.16. The number of nitrogens with one attached hydrogen (secondary N) is 2. The van der Waals surface area contributed by atoms with E-state index in [1.807, 2.05) is 6.07 Å². The lowest BCUT2D eigenvalue weighted by Gasteiger charge is -2.22. The van der Waals surface area contributed by atoms with Crippen molar-refractivity contribution in [1.82, 2.24) is 5.32 Å². The summed E-state index contributed by atoms with van der Waals surface area (Å²) in [6, 6.07) is 5.54.